The Labute approximate surface area is 137 Å². The molecule has 0 fully saturated rings. The Balaban J connectivity index is -0.000000490. The summed E-state index contributed by atoms with van der Waals surface area (Å²) in [6, 6.07) is 8.56. The van der Waals surface area contributed by atoms with Crippen LogP contribution in [0.5, 0.6) is 0 Å². The summed E-state index contributed by atoms with van der Waals surface area (Å²) in [4.78, 5) is 0. The Morgan fingerprint density at radius 2 is 1.59 bits per heavy atom. The SMILES string of the molecule is CC1(C)C=CC=C([c-]2cccc2)C1.[Cl-].[Cl-].[Cl-].[Ti+4]. The molecular weight excluding hydrogens is 310 g/mol. The molecule has 0 saturated carbocycles. The van der Waals surface area contributed by atoms with Gasteiger partial charge < -0.3 is 37.2 Å². The van der Waals surface area contributed by atoms with Gasteiger partial charge >= 0.3 is 21.7 Å². The molecule has 1 aliphatic carbocycles. The standard InChI is InChI=1S/C13H15.3ClH.Ti/c1-13(2)9-5-8-12(10-13)11-6-3-4-7-11;;;;/h3-9H,10H2,1-2H3;3*1H;/q-1;;;;+4/p-3. The molecule has 0 saturated heterocycles. The number of hydrogen-bond acceptors (Lipinski definition) is 0. The molecule has 0 unspecified atom stereocenters. The fourth-order valence-corrected chi connectivity index (χ4v) is 1.82. The molecule has 0 atom stereocenters. The van der Waals surface area contributed by atoms with Gasteiger partial charge in [0.25, 0.3) is 0 Å². The van der Waals surface area contributed by atoms with Crippen LogP contribution in [0.15, 0.2) is 42.5 Å². The second-order valence-electron chi connectivity index (χ2n) is 4.39. The van der Waals surface area contributed by atoms with Crippen LogP contribution in [0.1, 0.15) is 25.8 Å². The van der Waals surface area contributed by atoms with Gasteiger partial charge in [-0.05, 0) is 11.8 Å². The summed E-state index contributed by atoms with van der Waals surface area (Å²) in [6.45, 7) is 4.55. The van der Waals surface area contributed by atoms with Crippen molar-refractivity contribution in [1.29, 1.82) is 0 Å². The van der Waals surface area contributed by atoms with Gasteiger partial charge in [0, 0.05) is 0 Å². The fraction of sp³-hybridized carbons (Fsp3) is 0.308. The van der Waals surface area contributed by atoms with E-state index in [1.165, 1.54) is 11.1 Å². The van der Waals surface area contributed by atoms with Crippen molar-refractivity contribution in [3.8, 4) is 0 Å². The van der Waals surface area contributed by atoms with E-state index in [1.807, 2.05) is 0 Å². The normalized spacial score (nSPS) is 15.3. The van der Waals surface area contributed by atoms with Crippen LogP contribution in [0, 0.1) is 5.41 Å². The van der Waals surface area contributed by atoms with Crippen molar-refractivity contribution >= 4 is 5.57 Å². The second-order valence-corrected chi connectivity index (χ2v) is 4.39. The first-order valence-corrected chi connectivity index (χ1v) is 4.78. The third-order valence-corrected chi connectivity index (χ3v) is 2.52. The van der Waals surface area contributed by atoms with Gasteiger partial charge in [0.2, 0.25) is 0 Å². The largest absolute Gasteiger partial charge is 4.00 e. The van der Waals surface area contributed by atoms with E-state index in [1.54, 1.807) is 0 Å². The summed E-state index contributed by atoms with van der Waals surface area (Å²) < 4.78 is 0. The molecule has 0 heterocycles. The maximum atomic E-state index is 2.28. The number of hydrogen-bond donors (Lipinski definition) is 0. The van der Waals surface area contributed by atoms with Gasteiger partial charge in [-0.25, -0.2) is 0 Å². The molecular formula is C13H15Cl3Ti. The van der Waals surface area contributed by atoms with E-state index in [-0.39, 0.29) is 58.9 Å². The molecule has 1 aliphatic rings. The smallest absolute Gasteiger partial charge is 1.00 e. The number of rotatable bonds is 1. The Morgan fingerprint density at radius 3 is 2.06 bits per heavy atom. The predicted molar refractivity (Wildman–Crippen MR) is 57.6 cm³/mol. The minimum absolute atomic E-state index is 0. The molecule has 4 heteroatoms. The van der Waals surface area contributed by atoms with Crippen LogP contribution in [-0.4, -0.2) is 0 Å². The maximum Gasteiger partial charge on any atom is 4.00 e. The Kier molecular flexibility index (Phi) is 12.4. The van der Waals surface area contributed by atoms with Crippen LogP contribution >= 0.6 is 0 Å². The first kappa shape index (κ1) is 22.6. The zero-order chi connectivity index (χ0) is 9.31. The molecule has 1 aromatic carbocycles. The maximum absolute atomic E-state index is 2.28. The van der Waals surface area contributed by atoms with Crippen molar-refractivity contribution in [2.24, 2.45) is 5.41 Å². The summed E-state index contributed by atoms with van der Waals surface area (Å²) in [5.74, 6) is 0. The molecule has 0 aliphatic heterocycles. The average molecular weight is 325 g/mol. The van der Waals surface area contributed by atoms with Gasteiger partial charge in [-0.1, -0.05) is 19.9 Å². The van der Waals surface area contributed by atoms with E-state index in [2.05, 4.69) is 56.3 Å². The molecule has 0 bridgehead atoms. The first-order valence-electron chi connectivity index (χ1n) is 4.78. The Hall–Kier alpha value is 0.414. The predicted octanol–water partition coefficient (Wildman–Crippen LogP) is -5.22. The van der Waals surface area contributed by atoms with Crippen LogP contribution < -0.4 is 37.2 Å². The van der Waals surface area contributed by atoms with Gasteiger partial charge in [-0.3, -0.25) is 0 Å². The molecule has 92 valence electrons. The summed E-state index contributed by atoms with van der Waals surface area (Å²) >= 11 is 0. The van der Waals surface area contributed by atoms with Crippen LogP contribution in [-0.2, 0) is 21.7 Å². The van der Waals surface area contributed by atoms with Crippen molar-refractivity contribution in [1.82, 2.24) is 0 Å². The fourth-order valence-electron chi connectivity index (χ4n) is 1.82. The third kappa shape index (κ3) is 6.22. The van der Waals surface area contributed by atoms with Crippen LogP contribution in [0.4, 0.5) is 0 Å². The minimum Gasteiger partial charge on any atom is -1.00 e. The summed E-state index contributed by atoms with van der Waals surface area (Å²) in [6.07, 6.45) is 7.82. The van der Waals surface area contributed by atoms with E-state index < -0.39 is 0 Å². The Bertz CT molecular complexity index is 351. The zero-order valence-electron chi connectivity index (χ0n) is 9.88. The van der Waals surface area contributed by atoms with Crippen molar-refractivity contribution in [3.05, 3.63) is 48.1 Å². The molecule has 0 aromatic heterocycles. The Morgan fingerprint density at radius 1 is 1.06 bits per heavy atom. The van der Waals surface area contributed by atoms with Crippen molar-refractivity contribution in [2.75, 3.05) is 0 Å². The average Bonchev–Trinajstić information content (AvgIpc) is 2.53. The molecule has 17 heavy (non-hydrogen) atoms. The molecule has 0 N–H and O–H groups in total. The topological polar surface area (TPSA) is 0 Å². The van der Waals surface area contributed by atoms with Crippen molar-refractivity contribution in [3.63, 3.8) is 0 Å². The van der Waals surface area contributed by atoms with Gasteiger partial charge in [0.1, 0.15) is 0 Å². The molecule has 2 rings (SSSR count). The first-order chi connectivity index (χ1) is 6.17. The van der Waals surface area contributed by atoms with Crippen LogP contribution in [0.3, 0.4) is 0 Å². The number of halogens is 3. The second kappa shape index (κ2) is 9.36. The van der Waals surface area contributed by atoms with Crippen LogP contribution in [0.25, 0.3) is 5.57 Å². The van der Waals surface area contributed by atoms with Gasteiger partial charge in [0.15, 0.2) is 0 Å². The van der Waals surface area contributed by atoms with E-state index in [4.69, 9.17) is 0 Å². The quantitative estimate of drug-likeness (QED) is 0.358. The summed E-state index contributed by atoms with van der Waals surface area (Å²) in [7, 11) is 0. The zero-order valence-corrected chi connectivity index (χ0v) is 13.7. The molecule has 1 aromatic rings. The summed E-state index contributed by atoms with van der Waals surface area (Å²) in [5.41, 5.74) is 3.15. The molecule has 0 spiro atoms. The van der Waals surface area contributed by atoms with Crippen molar-refractivity contribution in [2.45, 2.75) is 20.3 Å². The van der Waals surface area contributed by atoms with Gasteiger partial charge in [0.05, 0.1) is 0 Å². The summed E-state index contributed by atoms with van der Waals surface area (Å²) in [5, 5.41) is 0. The monoisotopic (exact) mass is 324 g/mol. The van der Waals surface area contributed by atoms with Gasteiger partial charge in [-0.15, -0.1) is 35.4 Å². The van der Waals surface area contributed by atoms with Crippen LogP contribution in [0.2, 0.25) is 0 Å². The third-order valence-electron chi connectivity index (χ3n) is 2.52. The van der Waals surface area contributed by atoms with Gasteiger partial charge in [-0.2, -0.15) is 12.1 Å². The van der Waals surface area contributed by atoms with E-state index in [0.717, 1.165) is 6.42 Å². The molecule has 0 nitrogen and oxygen atoms in total. The molecule has 0 amide bonds. The van der Waals surface area contributed by atoms with E-state index in [0.29, 0.717) is 5.41 Å². The molecule has 0 radical (unpaired) electrons. The van der Waals surface area contributed by atoms with E-state index in [9.17, 15) is 0 Å². The van der Waals surface area contributed by atoms with E-state index >= 15 is 0 Å². The van der Waals surface area contributed by atoms with Crippen molar-refractivity contribution < 1.29 is 58.9 Å². The number of allylic oxidation sites excluding steroid dienone is 4. The minimum atomic E-state index is 0.